The minimum Gasteiger partial charge on any atom is -0.497 e. The summed E-state index contributed by atoms with van der Waals surface area (Å²) in [7, 11) is 1.51. The number of hydrogen-bond acceptors (Lipinski definition) is 3. The van der Waals surface area contributed by atoms with Crippen LogP contribution in [0, 0.1) is 11.6 Å². The molecule has 1 aliphatic rings. The number of benzene rings is 2. The Morgan fingerprint density at radius 1 is 1.14 bits per heavy atom. The van der Waals surface area contributed by atoms with E-state index in [-0.39, 0.29) is 12.2 Å². The Morgan fingerprint density at radius 2 is 1.95 bits per heavy atom. The molecule has 0 aliphatic carbocycles. The summed E-state index contributed by atoms with van der Waals surface area (Å²) >= 11 is 0. The molecule has 0 N–H and O–H groups in total. The highest BCUT2D eigenvalue weighted by Gasteiger charge is 2.28. The summed E-state index contributed by atoms with van der Waals surface area (Å²) in [5, 5.41) is 0. The van der Waals surface area contributed by atoms with Gasteiger partial charge in [-0.1, -0.05) is 6.07 Å². The summed E-state index contributed by atoms with van der Waals surface area (Å²) in [6.07, 6.45) is -0.545. The zero-order valence-corrected chi connectivity index (χ0v) is 11.2. The molecule has 0 aromatic heterocycles. The van der Waals surface area contributed by atoms with Crippen LogP contribution in [0.1, 0.15) is 28.4 Å². The number of hydrogen-bond donors (Lipinski definition) is 0. The molecule has 3 nitrogen and oxygen atoms in total. The molecule has 0 saturated carbocycles. The van der Waals surface area contributed by atoms with Gasteiger partial charge in [-0.25, -0.2) is 8.78 Å². The van der Waals surface area contributed by atoms with Crippen molar-refractivity contribution in [3.63, 3.8) is 0 Å². The average Bonchev–Trinajstić information content (AvgIpc) is 2.49. The molecular formula is C16H12F2O3. The van der Waals surface area contributed by atoms with Crippen molar-refractivity contribution in [3.8, 4) is 11.5 Å². The number of rotatable bonds is 2. The van der Waals surface area contributed by atoms with Crippen LogP contribution < -0.4 is 9.47 Å². The molecule has 1 atom stereocenters. The van der Waals surface area contributed by atoms with Crippen LogP contribution in [0.5, 0.6) is 11.5 Å². The van der Waals surface area contributed by atoms with Gasteiger partial charge in [0.1, 0.15) is 17.6 Å². The van der Waals surface area contributed by atoms with Crippen molar-refractivity contribution in [3.05, 3.63) is 59.2 Å². The van der Waals surface area contributed by atoms with Crippen molar-refractivity contribution >= 4 is 5.78 Å². The third-order valence-electron chi connectivity index (χ3n) is 3.44. The molecule has 108 valence electrons. The Hall–Kier alpha value is -2.43. The van der Waals surface area contributed by atoms with Crippen LogP contribution >= 0.6 is 0 Å². The number of Topliss-reactive ketones (excluding diaryl/α,β-unsaturated/α-hetero) is 1. The minimum absolute atomic E-state index is 0.0877. The Balaban J connectivity index is 1.96. The lowest BCUT2D eigenvalue weighted by molar-refractivity contribution is 0.0849. The topological polar surface area (TPSA) is 35.5 Å². The van der Waals surface area contributed by atoms with Crippen molar-refractivity contribution < 1.29 is 23.0 Å². The van der Waals surface area contributed by atoms with Gasteiger partial charge >= 0.3 is 0 Å². The highest BCUT2D eigenvalue weighted by Crippen LogP contribution is 2.37. The first kappa shape index (κ1) is 13.5. The summed E-state index contributed by atoms with van der Waals surface area (Å²) in [5.41, 5.74) is 0.894. The zero-order valence-electron chi connectivity index (χ0n) is 11.2. The van der Waals surface area contributed by atoms with Gasteiger partial charge in [-0.2, -0.15) is 0 Å². The number of carbonyl (C=O) groups is 1. The van der Waals surface area contributed by atoms with Crippen molar-refractivity contribution in [2.45, 2.75) is 12.5 Å². The Bertz CT molecular complexity index is 713. The van der Waals surface area contributed by atoms with Gasteiger partial charge in [0.15, 0.2) is 17.4 Å². The smallest absolute Gasteiger partial charge is 0.170 e. The van der Waals surface area contributed by atoms with Gasteiger partial charge in [-0.15, -0.1) is 0 Å². The number of methoxy groups -OCH3 is 1. The zero-order chi connectivity index (χ0) is 15.0. The van der Waals surface area contributed by atoms with E-state index in [1.807, 2.05) is 0 Å². The number of carbonyl (C=O) groups excluding carboxylic acids is 1. The number of ketones is 1. The van der Waals surface area contributed by atoms with Gasteiger partial charge < -0.3 is 9.47 Å². The predicted octanol–water partition coefficient (Wildman–Crippen LogP) is 3.68. The molecule has 0 bridgehead atoms. The fraction of sp³-hybridized carbons (Fsp3) is 0.188. The van der Waals surface area contributed by atoms with Gasteiger partial charge in [-0.05, 0) is 29.8 Å². The molecular weight excluding hydrogens is 278 g/mol. The molecule has 2 aromatic carbocycles. The van der Waals surface area contributed by atoms with Gasteiger partial charge in [0, 0.05) is 6.07 Å². The van der Waals surface area contributed by atoms with E-state index in [1.165, 1.54) is 13.2 Å². The fourth-order valence-corrected chi connectivity index (χ4v) is 2.33. The summed E-state index contributed by atoms with van der Waals surface area (Å²) in [4.78, 5) is 12.1. The van der Waals surface area contributed by atoms with Crippen LogP contribution in [-0.4, -0.2) is 12.9 Å². The summed E-state index contributed by atoms with van der Waals surface area (Å²) in [6.45, 7) is 0. The van der Waals surface area contributed by atoms with E-state index < -0.39 is 17.7 Å². The molecule has 2 aromatic rings. The lowest BCUT2D eigenvalue weighted by Gasteiger charge is -2.25. The SMILES string of the molecule is COc1ccc2c(c1)OC(c1ccc(F)c(F)c1)CC2=O. The second-order valence-electron chi connectivity index (χ2n) is 4.77. The lowest BCUT2D eigenvalue weighted by Crippen LogP contribution is -2.20. The molecule has 1 unspecified atom stereocenters. The first-order valence-electron chi connectivity index (χ1n) is 6.41. The third kappa shape index (κ3) is 2.46. The highest BCUT2D eigenvalue weighted by molar-refractivity contribution is 6.00. The van der Waals surface area contributed by atoms with Crippen molar-refractivity contribution in [2.24, 2.45) is 0 Å². The van der Waals surface area contributed by atoms with Crippen LogP contribution in [0.25, 0.3) is 0 Å². The van der Waals surface area contributed by atoms with E-state index in [4.69, 9.17) is 9.47 Å². The maximum Gasteiger partial charge on any atom is 0.170 e. The lowest BCUT2D eigenvalue weighted by atomic mass is 9.96. The first-order valence-corrected chi connectivity index (χ1v) is 6.41. The largest absolute Gasteiger partial charge is 0.497 e. The monoisotopic (exact) mass is 290 g/mol. The maximum absolute atomic E-state index is 13.3. The second-order valence-corrected chi connectivity index (χ2v) is 4.77. The highest BCUT2D eigenvalue weighted by atomic mass is 19.2. The van der Waals surface area contributed by atoms with Crippen LogP contribution in [0.4, 0.5) is 8.78 Å². The van der Waals surface area contributed by atoms with E-state index >= 15 is 0 Å². The summed E-state index contributed by atoms with van der Waals surface area (Å²) in [5.74, 6) is -1.04. The van der Waals surface area contributed by atoms with E-state index in [2.05, 4.69) is 0 Å². The van der Waals surface area contributed by atoms with Gasteiger partial charge in [0.2, 0.25) is 0 Å². The first-order chi connectivity index (χ1) is 10.1. The van der Waals surface area contributed by atoms with Gasteiger partial charge in [0.05, 0.1) is 19.1 Å². The van der Waals surface area contributed by atoms with Crippen LogP contribution in [-0.2, 0) is 0 Å². The molecule has 0 fully saturated rings. The Kier molecular flexibility index (Phi) is 3.33. The van der Waals surface area contributed by atoms with Crippen molar-refractivity contribution in [1.29, 1.82) is 0 Å². The molecule has 21 heavy (non-hydrogen) atoms. The summed E-state index contributed by atoms with van der Waals surface area (Å²) < 4.78 is 37.1. The van der Waals surface area contributed by atoms with E-state index in [1.54, 1.807) is 18.2 Å². The minimum atomic E-state index is -0.958. The standard InChI is InChI=1S/C16H12F2O3/c1-20-10-3-4-11-14(19)8-15(21-16(11)7-10)9-2-5-12(17)13(18)6-9/h2-7,15H,8H2,1H3. The molecule has 0 radical (unpaired) electrons. The predicted molar refractivity (Wildman–Crippen MR) is 71.7 cm³/mol. The van der Waals surface area contributed by atoms with Crippen LogP contribution in [0.15, 0.2) is 36.4 Å². The molecule has 1 heterocycles. The van der Waals surface area contributed by atoms with Crippen molar-refractivity contribution in [2.75, 3.05) is 7.11 Å². The third-order valence-corrected chi connectivity index (χ3v) is 3.44. The molecule has 1 aliphatic heterocycles. The Morgan fingerprint density at radius 3 is 2.67 bits per heavy atom. The van der Waals surface area contributed by atoms with E-state index in [9.17, 15) is 13.6 Å². The normalized spacial score (nSPS) is 17.1. The quantitative estimate of drug-likeness (QED) is 0.846. The van der Waals surface area contributed by atoms with Crippen LogP contribution in [0.3, 0.4) is 0 Å². The molecule has 3 rings (SSSR count). The second kappa shape index (κ2) is 5.16. The summed E-state index contributed by atoms with van der Waals surface area (Å²) in [6, 6.07) is 8.43. The number of fused-ring (bicyclic) bond motifs is 1. The van der Waals surface area contributed by atoms with Crippen LogP contribution in [0.2, 0.25) is 0 Å². The fourth-order valence-electron chi connectivity index (χ4n) is 2.33. The van der Waals surface area contributed by atoms with Gasteiger partial charge in [0.25, 0.3) is 0 Å². The molecule has 0 saturated heterocycles. The Labute approximate surface area is 120 Å². The molecule has 5 heteroatoms. The van der Waals surface area contributed by atoms with E-state index in [0.29, 0.717) is 22.6 Å². The van der Waals surface area contributed by atoms with Crippen molar-refractivity contribution in [1.82, 2.24) is 0 Å². The number of halogens is 2. The maximum atomic E-state index is 13.3. The molecule has 0 amide bonds. The molecule has 0 spiro atoms. The number of ether oxygens (including phenoxy) is 2. The van der Waals surface area contributed by atoms with E-state index in [0.717, 1.165) is 12.1 Å². The average molecular weight is 290 g/mol. The van der Waals surface area contributed by atoms with Gasteiger partial charge in [-0.3, -0.25) is 4.79 Å².